The van der Waals surface area contributed by atoms with Gasteiger partial charge in [-0.2, -0.15) is 0 Å². The summed E-state index contributed by atoms with van der Waals surface area (Å²) in [5.74, 6) is -1.09. The van der Waals surface area contributed by atoms with E-state index in [2.05, 4.69) is 0 Å². The van der Waals surface area contributed by atoms with E-state index in [-0.39, 0.29) is 5.91 Å². The zero-order chi connectivity index (χ0) is 9.72. The number of aliphatic carboxylic acids is 1. The molecule has 0 fully saturated rings. The Morgan fingerprint density at radius 3 is 2.33 bits per heavy atom. The van der Waals surface area contributed by atoms with Crippen LogP contribution in [0.1, 0.15) is 26.7 Å². The third kappa shape index (κ3) is 2.90. The number of carboxylic acid groups (broad SMARTS) is 1. The van der Waals surface area contributed by atoms with Crippen LogP contribution >= 0.6 is 0 Å². The van der Waals surface area contributed by atoms with E-state index in [0.717, 1.165) is 6.42 Å². The highest BCUT2D eigenvalue weighted by atomic mass is 16.4. The van der Waals surface area contributed by atoms with Crippen LogP contribution in [0.3, 0.4) is 0 Å². The van der Waals surface area contributed by atoms with Crippen molar-refractivity contribution < 1.29 is 14.7 Å². The van der Waals surface area contributed by atoms with E-state index >= 15 is 0 Å². The largest absolute Gasteiger partial charge is 0.480 e. The quantitative estimate of drug-likeness (QED) is 0.681. The van der Waals surface area contributed by atoms with Gasteiger partial charge in [-0.3, -0.25) is 4.79 Å². The van der Waals surface area contributed by atoms with E-state index in [9.17, 15) is 9.59 Å². The molecule has 1 amide bonds. The molecule has 12 heavy (non-hydrogen) atoms. The minimum absolute atomic E-state index is 0.118. The first-order chi connectivity index (χ1) is 5.50. The van der Waals surface area contributed by atoms with Crippen LogP contribution in [0.5, 0.6) is 0 Å². The molecular weight excluding hydrogens is 158 g/mol. The summed E-state index contributed by atoms with van der Waals surface area (Å²) in [5, 5.41) is 8.58. The average Bonchev–Trinajstić information content (AvgIpc) is 2.02. The molecule has 1 atom stereocenters. The van der Waals surface area contributed by atoms with Crippen LogP contribution in [0.4, 0.5) is 0 Å². The number of likely N-dealkylation sites (N-methyl/N-ethyl adjacent to an activating group) is 1. The molecule has 0 spiro atoms. The Bertz CT molecular complexity index is 179. The van der Waals surface area contributed by atoms with E-state index in [1.807, 2.05) is 6.92 Å². The molecule has 0 bridgehead atoms. The van der Waals surface area contributed by atoms with Crippen molar-refractivity contribution in [2.75, 3.05) is 7.05 Å². The summed E-state index contributed by atoms with van der Waals surface area (Å²) in [6, 6.07) is -0.732. The van der Waals surface area contributed by atoms with Crippen molar-refractivity contribution >= 4 is 11.9 Å². The molecule has 0 aliphatic rings. The van der Waals surface area contributed by atoms with Crippen molar-refractivity contribution in [2.24, 2.45) is 0 Å². The molecule has 4 heteroatoms. The van der Waals surface area contributed by atoms with E-state index in [4.69, 9.17) is 5.11 Å². The number of hydrogen-bond donors (Lipinski definition) is 1. The maximum Gasteiger partial charge on any atom is 0.326 e. The van der Waals surface area contributed by atoms with E-state index < -0.39 is 12.0 Å². The summed E-state index contributed by atoms with van der Waals surface area (Å²) < 4.78 is 0. The molecule has 0 aromatic heterocycles. The maximum atomic E-state index is 11.2. The van der Waals surface area contributed by atoms with Gasteiger partial charge in [-0.15, -0.1) is 0 Å². The maximum absolute atomic E-state index is 11.2. The van der Waals surface area contributed by atoms with Crippen LogP contribution in [0.15, 0.2) is 0 Å². The molecule has 0 aliphatic heterocycles. The van der Waals surface area contributed by atoms with Crippen molar-refractivity contribution in [1.82, 2.24) is 4.90 Å². The fourth-order valence-corrected chi connectivity index (χ4v) is 0.772. The van der Waals surface area contributed by atoms with Crippen molar-refractivity contribution in [3.05, 3.63) is 0 Å². The molecule has 1 N–H and O–H groups in total. The second kappa shape index (κ2) is 4.74. The molecule has 0 radical (unpaired) electrons. The van der Waals surface area contributed by atoms with Gasteiger partial charge in [-0.25, -0.2) is 4.79 Å². The van der Waals surface area contributed by atoms with Crippen LogP contribution in [0.25, 0.3) is 0 Å². The van der Waals surface area contributed by atoms with Gasteiger partial charge in [0.1, 0.15) is 6.04 Å². The lowest BCUT2D eigenvalue weighted by atomic mass is 10.2. The lowest BCUT2D eigenvalue weighted by molar-refractivity contribution is -0.148. The monoisotopic (exact) mass is 173 g/mol. The molecule has 0 aromatic rings. The van der Waals surface area contributed by atoms with Gasteiger partial charge < -0.3 is 10.0 Å². The second-order valence-corrected chi connectivity index (χ2v) is 2.77. The molecule has 0 heterocycles. The number of carbonyl (C=O) groups excluding carboxylic acids is 1. The first-order valence-electron chi connectivity index (χ1n) is 3.99. The van der Waals surface area contributed by atoms with Gasteiger partial charge in [0.25, 0.3) is 0 Å². The third-order valence-electron chi connectivity index (χ3n) is 1.80. The number of amides is 1. The first-order valence-corrected chi connectivity index (χ1v) is 3.99. The standard InChI is InChI=1S/C8H15NO3/c1-4-5-7(10)9(3)6(2)8(11)12/h6H,4-5H2,1-3H3,(H,11,12)/t6-/m0/s1. The van der Waals surface area contributed by atoms with Gasteiger partial charge in [0.2, 0.25) is 5.91 Å². The normalized spacial score (nSPS) is 12.2. The molecule has 0 aromatic carbocycles. The van der Waals surface area contributed by atoms with Crippen molar-refractivity contribution in [3.8, 4) is 0 Å². The van der Waals surface area contributed by atoms with E-state index in [1.165, 1.54) is 18.9 Å². The average molecular weight is 173 g/mol. The molecule has 0 saturated carbocycles. The topological polar surface area (TPSA) is 57.6 Å². The summed E-state index contributed by atoms with van der Waals surface area (Å²) in [6.45, 7) is 3.38. The fraction of sp³-hybridized carbons (Fsp3) is 0.750. The summed E-state index contributed by atoms with van der Waals surface area (Å²) in [4.78, 5) is 22.9. The Balaban J connectivity index is 4.09. The number of rotatable bonds is 4. The van der Waals surface area contributed by atoms with Crippen LogP contribution in [0, 0.1) is 0 Å². The first kappa shape index (κ1) is 10.9. The van der Waals surface area contributed by atoms with Crippen molar-refractivity contribution in [3.63, 3.8) is 0 Å². The minimum Gasteiger partial charge on any atom is -0.480 e. The Hall–Kier alpha value is -1.06. The van der Waals surface area contributed by atoms with Crippen LogP contribution in [-0.4, -0.2) is 35.0 Å². The molecule has 4 nitrogen and oxygen atoms in total. The summed E-state index contributed by atoms with van der Waals surface area (Å²) in [6.07, 6.45) is 1.16. The predicted octanol–water partition coefficient (Wildman–Crippen LogP) is 0.718. The summed E-state index contributed by atoms with van der Waals surface area (Å²) in [5.41, 5.74) is 0. The van der Waals surface area contributed by atoms with E-state index in [0.29, 0.717) is 6.42 Å². The number of nitrogens with zero attached hydrogens (tertiary/aromatic N) is 1. The number of carbonyl (C=O) groups is 2. The Morgan fingerprint density at radius 2 is 2.00 bits per heavy atom. The summed E-state index contributed by atoms with van der Waals surface area (Å²) in [7, 11) is 1.51. The molecular formula is C8H15NO3. The zero-order valence-electron chi connectivity index (χ0n) is 7.70. The highest BCUT2D eigenvalue weighted by Gasteiger charge is 2.20. The SMILES string of the molecule is CCCC(=O)N(C)[C@@H](C)C(=O)O. The molecule has 0 saturated heterocycles. The number of hydrogen-bond acceptors (Lipinski definition) is 2. The molecule has 0 unspecified atom stereocenters. The zero-order valence-corrected chi connectivity index (χ0v) is 7.70. The highest BCUT2D eigenvalue weighted by Crippen LogP contribution is 2.00. The lowest BCUT2D eigenvalue weighted by Gasteiger charge is -2.20. The summed E-state index contributed by atoms with van der Waals surface area (Å²) >= 11 is 0. The fourth-order valence-electron chi connectivity index (χ4n) is 0.772. The van der Waals surface area contributed by atoms with Crippen molar-refractivity contribution in [1.29, 1.82) is 0 Å². The van der Waals surface area contributed by atoms with Crippen LogP contribution in [-0.2, 0) is 9.59 Å². The van der Waals surface area contributed by atoms with Gasteiger partial charge in [0.05, 0.1) is 0 Å². The second-order valence-electron chi connectivity index (χ2n) is 2.77. The van der Waals surface area contributed by atoms with E-state index in [1.54, 1.807) is 0 Å². The number of carboxylic acids is 1. The van der Waals surface area contributed by atoms with Gasteiger partial charge in [0.15, 0.2) is 0 Å². The molecule has 0 aliphatic carbocycles. The minimum atomic E-state index is -0.970. The Labute approximate surface area is 72.2 Å². The Kier molecular flexibility index (Phi) is 4.33. The van der Waals surface area contributed by atoms with Gasteiger partial charge in [-0.1, -0.05) is 6.92 Å². The lowest BCUT2D eigenvalue weighted by Crippen LogP contribution is -2.40. The Morgan fingerprint density at radius 1 is 1.50 bits per heavy atom. The van der Waals surface area contributed by atoms with Crippen molar-refractivity contribution in [2.45, 2.75) is 32.7 Å². The van der Waals surface area contributed by atoms with Gasteiger partial charge in [0, 0.05) is 13.5 Å². The molecule has 0 rings (SSSR count). The smallest absolute Gasteiger partial charge is 0.326 e. The predicted molar refractivity (Wildman–Crippen MR) is 44.8 cm³/mol. The van der Waals surface area contributed by atoms with Gasteiger partial charge >= 0.3 is 5.97 Å². The van der Waals surface area contributed by atoms with Crippen LogP contribution in [0.2, 0.25) is 0 Å². The highest BCUT2D eigenvalue weighted by molar-refractivity contribution is 5.83. The van der Waals surface area contributed by atoms with Crippen LogP contribution < -0.4 is 0 Å². The molecule has 70 valence electrons. The van der Waals surface area contributed by atoms with Gasteiger partial charge in [-0.05, 0) is 13.3 Å². The third-order valence-corrected chi connectivity index (χ3v) is 1.80.